The third-order valence-electron chi connectivity index (χ3n) is 8.73. The summed E-state index contributed by atoms with van der Waals surface area (Å²) in [6.45, 7) is 13.9. The Hall–Kier alpha value is -5.92. The van der Waals surface area contributed by atoms with Crippen LogP contribution in [-0.4, -0.2) is 86.8 Å². The highest BCUT2D eigenvalue weighted by molar-refractivity contribution is 5.94. The first-order valence-corrected chi connectivity index (χ1v) is 16.8. The number of amides is 2. The van der Waals surface area contributed by atoms with Crippen LogP contribution in [0.25, 0.3) is 22.6 Å². The van der Waals surface area contributed by atoms with Gasteiger partial charge in [-0.25, -0.2) is 29.5 Å². The summed E-state index contributed by atoms with van der Waals surface area (Å²) in [6, 6.07) is 18.9. The van der Waals surface area contributed by atoms with Gasteiger partial charge in [-0.3, -0.25) is 28.7 Å². The Morgan fingerprint density at radius 1 is 0.620 bits per heavy atom. The molecule has 6 aromatic rings. The Morgan fingerprint density at radius 3 is 1.28 bits per heavy atom. The Bertz CT molecular complexity index is 2040. The second-order valence-corrected chi connectivity index (χ2v) is 11.6. The van der Waals surface area contributed by atoms with Gasteiger partial charge in [0.1, 0.15) is 11.4 Å². The van der Waals surface area contributed by atoms with E-state index in [0.29, 0.717) is 48.8 Å². The normalized spacial score (nSPS) is 12.3. The number of carbonyl (C=O) groups excluding carboxylic acids is 2. The fourth-order valence-corrected chi connectivity index (χ4v) is 5.82. The van der Waals surface area contributed by atoms with Crippen LogP contribution >= 0.6 is 0 Å². The van der Waals surface area contributed by atoms with Crippen molar-refractivity contribution in [3.63, 3.8) is 0 Å². The topological polar surface area (TPSA) is 168 Å². The molecule has 0 radical (unpaired) electrons. The average molecular weight is 679 g/mol. The Labute approximate surface area is 288 Å². The lowest BCUT2D eigenvalue weighted by atomic mass is 10.1. The van der Waals surface area contributed by atoms with Crippen LogP contribution in [0.3, 0.4) is 0 Å². The maximum Gasteiger partial charge on any atom is 0.329 e. The quantitative estimate of drug-likeness (QED) is 0.215. The van der Waals surface area contributed by atoms with Gasteiger partial charge in [0.2, 0.25) is 0 Å². The highest BCUT2D eigenvalue weighted by Crippen LogP contribution is 2.21. The first-order chi connectivity index (χ1) is 24.1. The lowest BCUT2D eigenvalue weighted by Crippen LogP contribution is -2.31. The molecule has 2 atom stereocenters. The van der Waals surface area contributed by atoms with Crippen LogP contribution in [0.4, 0.5) is 0 Å². The van der Waals surface area contributed by atoms with E-state index >= 15 is 0 Å². The largest absolute Gasteiger partial charge is 0.338 e. The minimum atomic E-state index is -0.293. The van der Waals surface area contributed by atoms with E-state index in [-0.39, 0.29) is 46.7 Å². The Kier molecular flexibility index (Phi) is 11.0. The third kappa shape index (κ3) is 7.09. The SMILES string of the molecule is CCN(CC)C(=O)c1cnc2[nH]c(=O)n([C@@H](C)c3ccccc3)c2n1.CCN(CC)C(=O)c1cnc2[nH]c(=O)n([C@@H](C)c3ccccc3)c2n1. The highest BCUT2D eigenvalue weighted by atomic mass is 16.2. The second kappa shape index (κ2) is 15.5. The van der Waals surface area contributed by atoms with Crippen LogP contribution in [0.15, 0.2) is 82.6 Å². The van der Waals surface area contributed by atoms with E-state index in [1.165, 1.54) is 21.5 Å². The number of benzene rings is 2. The summed E-state index contributed by atoms with van der Waals surface area (Å²) in [6.07, 6.45) is 2.83. The van der Waals surface area contributed by atoms with Crippen molar-refractivity contribution in [3.05, 3.63) is 117 Å². The molecule has 0 spiro atoms. The van der Waals surface area contributed by atoms with Gasteiger partial charge in [-0.1, -0.05) is 60.7 Å². The summed E-state index contributed by atoms with van der Waals surface area (Å²) in [5.74, 6) is -0.376. The zero-order chi connectivity index (χ0) is 35.9. The lowest BCUT2D eigenvalue weighted by molar-refractivity contribution is 0.0759. The van der Waals surface area contributed by atoms with E-state index in [2.05, 4.69) is 29.9 Å². The molecule has 6 rings (SSSR count). The van der Waals surface area contributed by atoms with Gasteiger partial charge < -0.3 is 9.80 Å². The van der Waals surface area contributed by atoms with Crippen LogP contribution in [0.1, 0.15) is 85.7 Å². The van der Waals surface area contributed by atoms with E-state index in [4.69, 9.17) is 0 Å². The molecule has 0 aliphatic rings. The molecule has 2 aromatic carbocycles. The molecule has 2 amide bonds. The number of aromatic nitrogens is 8. The molecule has 4 heterocycles. The van der Waals surface area contributed by atoms with Crippen LogP contribution < -0.4 is 11.4 Å². The van der Waals surface area contributed by atoms with Crippen LogP contribution in [0.2, 0.25) is 0 Å². The molecular formula is C36H42N10O4. The maximum atomic E-state index is 12.5. The first-order valence-electron chi connectivity index (χ1n) is 16.8. The molecule has 14 heteroatoms. The molecular weight excluding hydrogens is 636 g/mol. The van der Waals surface area contributed by atoms with Crippen molar-refractivity contribution in [2.75, 3.05) is 26.2 Å². The molecule has 0 aliphatic carbocycles. The number of aromatic amines is 2. The van der Waals surface area contributed by atoms with E-state index in [0.717, 1.165) is 11.1 Å². The summed E-state index contributed by atoms with van der Waals surface area (Å²) in [7, 11) is 0. The van der Waals surface area contributed by atoms with Gasteiger partial charge in [-0.2, -0.15) is 0 Å². The minimum Gasteiger partial charge on any atom is -0.338 e. The van der Waals surface area contributed by atoms with Gasteiger partial charge in [-0.15, -0.1) is 0 Å². The van der Waals surface area contributed by atoms with Gasteiger partial charge in [0, 0.05) is 26.2 Å². The molecule has 50 heavy (non-hydrogen) atoms. The predicted molar refractivity (Wildman–Crippen MR) is 191 cm³/mol. The standard InChI is InChI=1S/2C18H21N5O2/c2*1-4-22(5-2)17(24)14-11-19-15-16(20-14)23(18(25)21-15)12(3)13-9-7-6-8-10-13/h2*6-12H,4-5H2,1-3H3,(H,19,21,25)/t2*12-/m00/s1. The van der Waals surface area contributed by atoms with Crippen molar-refractivity contribution in [1.29, 1.82) is 0 Å². The van der Waals surface area contributed by atoms with Gasteiger partial charge in [0.25, 0.3) is 11.8 Å². The molecule has 2 N–H and O–H groups in total. The van der Waals surface area contributed by atoms with Crippen LogP contribution in [0.5, 0.6) is 0 Å². The number of carbonyl (C=O) groups is 2. The van der Waals surface area contributed by atoms with Crippen molar-refractivity contribution < 1.29 is 9.59 Å². The molecule has 14 nitrogen and oxygen atoms in total. The number of nitrogens with one attached hydrogen (secondary N) is 2. The number of nitrogens with zero attached hydrogens (tertiary/aromatic N) is 8. The lowest BCUT2D eigenvalue weighted by Gasteiger charge is -2.18. The number of hydrogen-bond acceptors (Lipinski definition) is 8. The predicted octanol–water partition coefficient (Wildman–Crippen LogP) is 4.42. The number of fused-ring (bicyclic) bond motifs is 2. The van der Waals surface area contributed by atoms with Crippen molar-refractivity contribution in [2.24, 2.45) is 0 Å². The fraction of sp³-hybridized carbons (Fsp3) is 0.333. The molecule has 4 aromatic heterocycles. The number of rotatable bonds is 10. The molecule has 0 saturated carbocycles. The molecule has 0 fully saturated rings. The van der Waals surface area contributed by atoms with Crippen LogP contribution in [-0.2, 0) is 0 Å². The maximum absolute atomic E-state index is 12.5. The molecule has 0 unspecified atom stereocenters. The third-order valence-corrected chi connectivity index (χ3v) is 8.73. The molecule has 0 saturated heterocycles. The van der Waals surface area contributed by atoms with E-state index < -0.39 is 0 Å². The van der Waals surface area contributed by atoms with Gasteiger partial charge >= 0.3 is 11.4 Å². The summed E-state index contributed by atoms with van der Waals surface area (Å²) >= 11 is 0. The average Bonchev–Trinajstić information content (AvgIpc) is 3.66. The van der Waals surface area contributed by atoms with Crippen molar-refractivity contribution in [3.8, 4) is 0 Å². The van der Waals surface area contributed by atoms with Gasteiger partial charge in [0.15, 0.2) is 22.6 Å². The molecule has 0 aliphatic heterocycles. The second-order valence-electron chi connectivity index (χ2n) is 11.6. The highest BCUT2D eigenvalue weighted by Gasteiger charge is 2.22. The summed E-state index contributed by atoms with van der Waals surface area (Å²) < 4.78 is 3.08. The summed E-state index contributed by atoms with van der Waals surface area (Å²) in [5, 5.41) is 0. The Morgan fingerprint density at radius 2 is 0.960 bits per heavy atom. The number of H-pyrrole nitrogens is 2. The van der Waals surface area contributed by atoms with Crippen molar-refractivity contribution in [1.82, 2.24) is 48.8 Å². The molecule has 0 bridgehead atoms. The number of imidazole rings is 2. The van der Waals surface area contributed by atoms with E-state index in [1.807, 2.05) is 102 Å². The van der Waals surface area contributed by atoms with Gasteiger partial charge in [0.05, 0.1) is 24.5 Å². The zero-order valence-corrected chi connectivity index (χ0v) is 29.1. The molecule has 260 valence electrons. The van der Waals surface area contributed by atoms with Crippen LogP contribution in [0, 0.1) is 0 Å². The zero-order valence-electron chi connectivity index (χ0n) is 29.1. The summed E-state index contributed by atoms with van der Waals surface area (Å²) in [5.41, 5.74) is 3.39. The smallest absolute Gasteiger partial charge is 0.329 e. The van der Waals surface area contributed by atoms with E-state index in [1.54, 1.807) is 9.80 Å². The van der Waals surface area contributed by atoms with E-state index in [9.17, 15) is 19.2 Å². The van der Waals surface area contributed by atoms with Crippen molar-refractivity contribution >= 4 is 34.4 Å². The number of hydrogen-bond donors (Lipinski definition) is 2. The Balaban J connectivity index is 0.000000194. The fourth-order valence-electron chi connectivity index (χ4n) is 5.82. The van der Waals surface area contributed by atoms with Crippen molar-refractivity contribution in [2.45, 2.75) is 53.6 Å². The summed E-state index contributed by atoms with van der Waals surface area (Å²) in [4.78, 5) is 76.0. The first kappa shape index (κ1) is 35.4. The monoisotopic (exact) mass is 678 g/mol. The minimum absolute atomic E-state index is 0.188. The van der Waals surface area contributed by atoms with Gasteiger partial charge in [-0.05, 0) is 52.7 Å².